The lowest BCUT2D eigenvalue weighted by Crippen LogP contribution is -2.53. The van der Waals surface area contributed by atoms with Crippen molar-refractivity contribution in [2.45, 2.75) is 50.5 Å². The highest BCUT2D eigenvalue weighted by Crippen LogP contribution is 2.65. The normalized spacial score (nSPS) is 27.5. The van der Waals surface area contributed by atoms with Crippen LogP contribution in [-0.2, 0) is 24.6 Å². The summed E-state index contributed by atoms with van der Waals surface area (Å²) >= 11 is 12.7. The number of phenols is 1. The first kappa shape index (κ1) is 33.9. The fraction of sp³-hybridized carbons (Fsp3) is 0.368. The Morgan fingerprint density at radius 3 is 2.26 bits per heavy atom. The predicted octanol–water partition coefficient (Wildman–Crippen LogP) is 6.50. The van der Waals surface area contributed by atoms with Gasteiger partial charge in [0.05, 0.1) is 48.1 Å². The van der Waals surface area contributed by atoms with Crippen LogP contribution in [0.1, 0.15) is 50.7 Å². The molecule has 260 valence electrons. The van der Waals surface area contributed by atoms with E-state index < -0.39 is 52.4 Å². The van der Waals surface area contributed by atoms with E-state index in [1.54, 1.807) is 54.6 Å². The van der Waals surface area contributed by atoms with E-state index in [1.807, 2.05) is 26.8 Å². The summed E-state index contributed by atoms with van der Waals surface area (Å²) in [5, 5.41) is 13.4. The number of para-hydroxylation sites is 1. The first-order valence-corrected chi connectivity index (χ1v) is 17.2. The van der Waals surface area contributed by atoms with Gasteiger partial charge in [0, 0.05) is 22.0 Å². The average Bonchev–Trinajstić information content (AvgIpc) is 3.47. The van der Waals surface area contributed by atoms with Gasteiger partial charge in [-0.25, -0.2) is 0 Å². The summed E-state index contributed by atoms with van der Waals surface area (Å²) in [5.74, 6) is -5.00. The minimum absolute atomic E-state index is 0.106. The summed E-state index contributed by atoms with van der Waals surface area (Å²) in [6, 6.07) is 16.7. The van der Waals surface area contributed by atoms with E-state index in [-0.39, 0.29) is 46.9 Å². The van der Waals surface area contributed by atoms with Gasteiger partial charge in [-0.3, -0.25) is 29.5 Å². The van der Waals surface area contributed by atoms with Gasteiger partial charge in [-0.05, 0) is 81.5 Å². The molecule has 2 aliphatic carbocycles. The van der Waals surface area contributed by atoms with Crippen molar-refractivity contribution < 1.29 is 33.8 Å². The molecule has 0 radical (unpaired) electrons. The molecule has 10 nitrogen and oxygen atoms in total. The number of fused-ring (bicyclic) bond motifs is 4. The third kappa shape index (κ3) is 4.82. The molecule has 12 heteroatoms. The Morgan fingerprint density at radius 1 is 0.900 bits per heavy atom. The SMILES string of the molecule is COc1ccc([C@@]23C(=O)N(Nc4ccc(Cl)cc4Cl)C(=O)[C@@H]2C[C@@H]2C(=CC[C@@H]4C(=O)N(C(C)(C)C)C(=O)[C@@H]42)[C@@H]3c2cccc(OC)c2O)cc1. The molecule has 2 heterocycles. The number of aromatic hydroxyl groups is 1. The number of nitrogens with zero attached hydrogens (tertiary/aromatic N) is 2. The molecule has 6 atom stereocenters. The Bertz CT molecular complexity index is 1970. The van der Waals surface area contributed by atoms with Crippen LogP contribution >= 0.6 is 23.2 Å². The largest absolute Gasteiger partial charge is 0.504 e. The van der Waals surface area contributed by atoms with E-state index in [9.17, 15) is 19.5 Å². The first-order chi connectivity index (χ1) is 23.7. The number of allylic oxidation sites excluding steroid dienone is 2. The van der Waals surface area contributed by atoms with Gasteiger partial charge in [-0.1, -0.05) is 59.1 Å². The number of hydrazine groups is 1. The number of carbonyl (C=O) groups is 4. The molecule has 0 unspecified atom stereocenters. The number of hydrogen-bond donors (Lipinski definition) is 2. The monoisotopic (exact) mass is 717 g/mol. The number of imide groups is 2. The summed E-state index contributed by atoms with van der Waals surface area (Å²) in [4.78, 5) is 59.6. The Hall–Kier alpha value is -4.54. The van der Waals surface area contributed by atoms with Crippen LogP contribution in [0.2, 0.25) is 10.0 Å². The maximum Gasteiger partial charge on any atom is 0.260 e. The zero-order valence-electron chi connectivity index (χ0n) is 28.2. The number of carbonyl (C=O) groups excluding carboxylic acids is 4. The number of anilines is 1. The van der Waals surface area contributed by atoms with Gasteiger partial charge in [0.25, 0.3) is 11.8 Å². The molecule has 3 aromatic rings. The third-order valence-corrected chi connectivity index (χ3v) is 11.4. The highest BCUT2D eigenvalue weighted by atomic mass is 35.5. The van der Waals surface area contributed by atoms with E-state index in [1.165, 1.54) is 25.2 Å². The van der Waals surface area contributed by atoms with Crippen LogP contribution in [0.4, 0.5) is 5.69 Å². The Balaban J connectivity index is 1.49. The molecule has 0 spiro atoms. The summed E-state index contributed by atoms with van der Waals surface area (Å²) in [7, 11) is 2.97. The van der Waals surface area contributed by atoms with Crippen LogP contribution in [0.5, 0.6) is 17.2 Å². The van der Waals surface area contributed by atoms with Gasteiger partial charge in [-0.2, -0.15) is 5.01 Å². The number of benzene rings is 3. The Morgan fingerprint density at radius 2 is 1.62 bits per heavy atom. The first-order valence-electron chi connectivity index (χ1n) is 16.4. The molecular formula is C38H37Cl2N3O7. The second-order valence-electron chi connectivity index (χ2n) is 14.3. The maximum absolute atomic E-state index is 15.3. The number of nitrogens with one attached hydrogen (secondary N) is 1. The molecule has 50 heavy (non-hydrogen) atoms. The smallest absolute Gasteiger partial charge is 0.260 e. The average molecular weight is 719 g/mol. The summed E-state index contributed by atoms with van der Waals surface area (Å²) < 4.78 is 11.0. The highest BCUT2D eigenvalue weighted by Gasteiger charge is 2.71. The van der Waals surface area contributed by atoms with Crippen molar-refractivity contribution in [1.82, 2.24) is 9.91 Å². The zero-order valence-corrected chi connectivity index (χ0v) is 29.7. The zero-order chi connectivity index (χ0) is 35.9. The number of rotatable bonds is 6. The van der Waals surface area contributed by atoms with Crippen molar-refractivity contribution in [1.29, 1.82) is 0 Å². The molecule has 2 saturated heterocycles. The second-order valence-corrected chi connectivity index (χ2v) is 15.1. The molecule has 3 aromatic carbocycles. The van der Waals surface area contributed by atoms with Gasteiger partial charge >= 0.3 is 0 Å². The number of ether oxygens (including phenoxy) is 2. The lowest BCUT2D eigenvalue weighted by atomic mass is 9.49. The number of hydrogen-bond acceptors (Lipinski definition) is 8. The number of phenolic OH excluding ortho intramolecular Hbond substituents is 1. The van der Waals surface area contributed by atoms with Crippen LogP contribution in [0, 0.1) is 23.7 Å². The number of likely N-dealkylation sites (tertiary alicyclic amines) is 1. The molecule has 4 amide bonds. The summed E-state index contributed by atoms with van der Waals surface area (Å²) in [6.45, 7) is 5.48. The topological polar surface area (TPSA) is 125 Å². The molecular weight excluding hydrogens is 681 g/mol. The second kappa shape index (κ2) is 12.1. The third-order valence-electron chi connectivity index (χ3n) is 10.8. The van der Waals surface area contributed by atoms with Crippen LogP contribution < -0.4 is 14.9 Å². The molecule has 1 saturated carbocycles. The Labute approximate surface area is 299 Å². The van der Waals surface area contributed by atoms with E-state index >= 15 is 4.79 Å². The minimum Gasteiger partial charge on any atom is -0.504 e. The maximum atomic E-state index is 15.3. The van der Waals surface area contributed by atoms with Crippen molar-refractivity contribution >= 4 is 52.5 Å². The predicted molar refractivity (Wildman–Crippen MR) is 187 cm³/mol. The van der Waals surface area contributed by atoms with Gasteiger partial charge in [-0.15, -0.1) is 0 Å². The summed E-state index contributed by atoms with van der Waals surface area (Å²) in [6.07, 6.45) is 2.31. The van der Waals surface area contributed by atoms with Gasteiger partial charge < -0.3 is 14.6 Å². The van der Waals surface area contributed by atoms with Gasteiger partial charge in [0.1, 0.15) is 5.75 Å². The standard InChI is InChI=1S/C38H37Cl2N3O7/c1-37(2,3)42-33(45)23-15-14-22-25(30(23)35(42)47)18-26-34(46)43(41-28-16-11-20(39)17-27(28)40)36(48)38(26,19-9-12-21(49-4)13-10-19)31(22)24-7-6-8-29(50-5)32(24)44/h6-14,16-17,23,25-26,30-31,41,44H,15,18H2,1-5H3/t23-,25+,26-,30-,31+,38+/m0/s1. The van der Waals surface area contributed by atoms with E-state index in [2.05, 4.69) is 5.43 Å². The lowest BCUT2D eigenvalue weighted by Gasteiger charge is -2.50. The van der Waals surface area contributed by atoms with E-state index in [0.717, 1.165) is 5.01 Å². The van der Waals surface area contributed by atoms with Gasteiger partial charge in [0.15, 0.2) is 11.5 Å². The number of amides is 4. The van der Waals surface area contributed by atoms with Crippen molar-refractivity contribution in [3.8, 4) is 17.2 Å². The molecule has 2 N–H and O–H groups in total. The van der Waals surface area contributed by atoms with Crippen molar-refractivity contribution in [3.05, 3.63) is 93.5 Å². The number of halogens is 2. The van der Waals surface area contributed by atoms with Crippen LogP contribution in [0.15, 0.2) is 72.3 Å². The van der Waals surface area contributed by atoms with E-state index in [0.29, 0.717) is 27.5 Å². The van der Waals surface area contributed by atoms with Crippen molar-refractivity contribution in [2.24, 2.45) is 23.7 Å². The minimum atomic E-state index is -1.61. The van der Waals surface area contributed by atoms with Gasteiger partial charge in [0.2, 0.25) is 11.8 Å². The molecule has 3 fully saturated rings. The highest BCUT2D eigenvalue weighted by molar-refractivity contribution is 6.36. The van der Waals surface area contributed by atoms with Crippen molar-refractivity contribution in [3.63, 3.8) is 0 Å². The fourth-order valence-corrected chi connectivity index (χ4v) is 9.24. The molecule has 4 aliphatic rings. The summed E-state index contributed by atoms with van der Waals surface area (Å²) in [5.41, 5.74) is 2.49. The van der Waals surface area contributed by atoms with Crippen LogP contribution in [-0.4, -0.2) is 58.4 Å². The lowest BCUT2D eigenvalue weighted by molar-refractivity contribution is -0.146. The molecule has 2 aliphatic heterocycles. The van der Waals surface area contributed by atoms with Crippen LogP contribution in [0.25, 0.3) is 0 Å². The number of methoxy groups -OCH3 is 2. The molecule has 7 rings (SSSR count). The van der Waals surface area contributed by atoms with E-state index in [4.69, 9.17) is 32.7 Å². The van der Waals surface area contributed by atoms with Crippen molar-refractivity contribution in [2.75, 3.05) is 19.6 Å². The quantitative estimate of drug-likeness (QED) is 0.219. The van der Waals surface area contributed by atoms with Crippen LogP contribution in [0.3, 0.4) is 0 Å². The molecule has 0 aromatic heterocycles. The Kier molecular flexibility index (Phi) is 8.18. The molecule has 0 bridgehead atoms. The fourth-order valence-electron chi connectivity index (χ4n) is 8.79.